The summed E-state index contributed by atoms with van der Waals surface area (Å²) in [5, 5.41) is 8.83. The maximum atomic E-state index is 4.56. The Hall–Kier alpha value is -1.62. The number of hydrogen-bond acceptors (Lipinski definition) is 5. The summed E-state index contributed by atoms with van der Waals surface area (Å²) in [5.41, 5.74) is 1.15. The first kappa shape index (κ1) is 15.8. The Morgan fingerprint density at radius 2 is 2.10 bits per heavy atom. The molecule has 0 atom stereocenters. The molecule has 2 N–H and O–H groups in total. The van der Waals surface area contributed by atoms with Gasteiger partial charge in [0, 0.05) is 35.1 Å². The molecule has 2 rings (SSSR count). The maximum Gasteiger partial charge on any atom is 0.224 e. The molecule has 4 nitrogen and oxygen atoms in total. The fraction of sp³-hybridized carbons (Fsp3) is 0.500. The summed E-state index contributed by atoms with van der Waals surface area (Å²) in [5.74, 6) is 1.60. The molecule has 0 aliphatic heterocycles. The highest BCUT2D eigenvalue weighted by molar-refractivity contribution is 7.10. The number of rotatable bonds is 7. The van der Waals surface area contributed by atoms with Gasteiger partial charge in [0.15, 0.2) is 0 Å². The van der Waals surface area contributed by atoms with E-state index in [1.54, 1.807) is 11.3 Å². The van der Waals surface area contributed by atoms with Gasteiger partial charge in [0.2, 0.25) is 5.95 Å². The predicted molar refractivity (Wildman–Crippen MR) is 91.4 cm³/mol. The standard InChI is InChI=1S/C16H24N4S/c1-5-8-17-15-18-10-12(2)14(20-15)19-11-16(3,4)13-7-6-9-21-13/h6-7,9-10H,5,8,11H2,1-4H3,(H2,17,18,19,20). The second kappa shape index (κ2) is 6.89. The van der Waals surface area contributed by atoms with E-state index in [1.165, 1.54) is 4.88 Å². The summed E-state index contributed by atoms with van der Waals surface area (Å²) in [4.78, 5) is 10.3. The van der Waals surface area contributed by atoms with E-state index in [1.807, 2.05) is 13.1 Å². The lowest BCUT2D eigenvalue weighted by molar-refractivity contribution is 0.568. The minimum atomic E-state index is 0.0859. The molecule has 0 saturated carbocycles. The Balaban J connectivity index is 2.05. The van der Waals surface area contributed by atoms with Gasteiger partial charge >= 0.3 is 0 Å². The van der Waals surface area contributed by atoms with Crippen molar-refractivity contribution in [3.63, 3.8) is 0 Å². The van der Waals surface area contributed by atoms with Gasteiger partial charge in [-0.25, -0.2) is 4.98 Å². The first-order valence-electron chi connectivity index (χ1n) is 7.38. The molecular formula is C16H24N4S. The maximum absolute atomic E-state index is 4.56. The third-order valence-electron chi connectivity index (χ3n) is 3.39. The van der Waals surface area contributed by atoms with Gasteiger partial charge in [-0.1, -0.05) is 26.8 Å². The lowest BCUT2D eigenvalue weighted by Gasteiger charge is -2.24. The smallest absolute Gasteiger partial charge is 0.224 e. The minimum Gasteiger partial charge on any atom is -0.369 e. The van der Waals surface area contributed by atoms with Crippen molar-refractivity contribution >= 4 is 23.1 Å². The van der Waals surface area contributed by atoms with Crippen LogP contribution in [0.2, 0.25) is 0 Å². The monoisotopic (exact) mass is 304 g/mol. The van der Waals surface area contributed by atoms with Gasteiger partial charge in [0.1, 0.15) is 5.82 Å². The van der Waals surface area contributed by atoms with Crippen LogP contribution in [-0.4, -0.2) is 23.1 Å². The van der Waals surface area contributed by atoms with Crippen molar-refractivity contribution in [2.24, 2.45) is 0 Å². The molecule has 0 fully saturated rings. The van der Waals surface area contributed by atoms with Crippen molar-refractivity contribution in [3.05, 3.63) is 34.2 Å². The number of thiophene rings is 1. The Labute approximate surface area is 131 Å². The van der Waals surface area contributed by atoms with Crippen LogP contribution in [0.3, 0.4) is 0 Å². The number of anilines is 2. The van der Waals surface area contributed by atoms with Crippen molar-refractivity contribution in [1.29, 1.82) is 0 Å². The minimum absolute atomic E-state index is 0.0859. The van der Waals surface area contributed by atoms with Crippen LogP contribution in [0.4, 0.5) is 11.8 Å². The Kier molecular flexibility index (Phi) is 5.17. The van der Waals surface area contributed by atoms with Crippen molar-refractivity contribution in [1.82, 2.24) is 9.97 Å². The third-order valence-corrected chi connectivity index (χ3v) is 4.63. The quantitative estimate of drug-likeness (QED) is 0.810. The van der Waals surface area contributed by atoms with Crippen LogP contribution < -0.4 is 10.6 Å². The Morgan fingerprint density at radius 3 is 2.76 bits per heavy atom. The molecule has 2 aromatic heterocycles. The van der Waals surface area contributed by atoms with Crippen molar-refractivity contribution in [2.45, 2.75) is 39.5 Å². The van der Waals surface area contributed by atoms with Crippen molar-refractivity contribution < 1.29 is 0 Å². The molecule has 21 heavy (non-hydrogen) atoms. The summed E-state index contributed by atoms with van der Waals surface area (Å²) in [6.45, 7) is 10.4. The number of aryl methyl sites for hydroxylation is 1. The average Bonchev–Trinajstić information content (AvgIpc) is 3.00. The molecule has 0 amide bonds. The third kappa shape index (κ3) is 4.17. The van der Waals surface area contributed by atoms with E-state index in [2.05, 4.69) is 58.9 Å². The highest BCUT2D eigenvalue weighted by Gasteiger charge is 2.22. The zero-order chi connectivity index (χ0) is 15.3. The molecule has 2 aromatic rings. The van der Waals surface area contributed by atoms with Gasteiger partial charge in [-0.05, 0) is 24.8 Å². The van der Waals surface area contributed by atoms with Crippen LogP contribution in [-0.2, 0) is 5.41 Å². The molecule has 0 aliphatic carbocycles. The van der Waals surface area contributed by atoms with E-state index in [0.717, 1.165) is 30.9 Å². The van der Waals surface area contributed by atoms with Crippen molar-refractivity contribution in [3.8, 4) is 0 Å². The van der Waals surface area contributed by atoms with Crippen LogP contribution in [0.1, 0.15) is 37.6 Å². The van der Waals surface area contributed by atoms with E-state index in [9.17, 15) is 0 Å². The molecule has 114 valence electrons. The predicted octanol–water partition coefficient (Wildman–Crippen LogP) is 4.06. The average molecular weight is 304 g/mol. The van der Waals surface area contributed by atoms with Gasteiger partial charge in [-0.15, -0.1) is 11.3 Å². The molecule has 2 heterocycles. The molecule has 0 spiro atoms. The van der Waals surface area contributed by atoms with E-state index < -0.39 is 0 Å². The van der Waals surface area contributed by atoms with Crippen molar-refractivity contribution in [2.75, 3.05) is 23.7 Å². The summed E-state index contributed by atoms with van der Waals surface area (Å²) >= 11 is 1.80. The SMILES string of the molecule is CCCNc1ncc(C)c(NCC(C)(C)c2cccs2)n1. The summed E-state index contributed by atoms with van der Waals surface area (Å²) in [6, 6.07) is 4.29. The highest BCUT2D eigenvalue weighted by Crippen LogP contribution is 2.28. The largest absolute Gasteiger partial charge is 0.369 e. The molecule has 0 aliphatic rings. The second-order valence-electron chi connectivity index (χ2n) is 5.87. The van der Waals surface area contributed by atoms with Gasteiger partial charge < -0.3 is 10.6 Å². The first-order valence-corrected chi connectivity index (χ1v) is 8.26. The lowest BCUT2D eigenvalue weighted by Crippen LogP contribution is -2.27. The Bertz CT molecular complexity index is 564. The summed E-state index contributed by atoms with van der Waals surface area (Å²) in [7, 11) is 0. The van der Waals surface area contributed by atoms with E-state index in [-0.39, 0.29) is 5.41 Å². The number of nitrogens with one attached hydrogen (secondary N) is 2. The first-order chi connectivity index (χ1) is 10.0. The van der Waals surface area contributed by atoms with Gasteiger partial charge in [0.05, 0.1) is 0 Å². The van der Waals surface area contributed by atoms with Crippen LogP contribution >= 0.6 is 11.3 Å². The van der Waals surface area contributed by atoms with Gasteiger partial charge in [-0.2, -0.15) is 4.98 Å². The van der Waals surface area contributed by atoms with Crippen LogP contribution in [0.5, 0.6) is 0 Å². The number of hydrogen-bond donors (Lipinski definition) is 2. The van der Waals surface area contributed by atoms with E-state index in [0.29, 0.717) is 5.95 Å². The van der Waals surface area contributed by atoms with Crippen LogP contribution in [0, 0.1) is 6.92 Å². The van der Waals surface area contributed by atoms with E-state index >= 15 is 0 Å². The lowest BCUT2D eigenvalue weighted by atomic mass is 9.91. The van der Waals surface area contributed by atoms with Crippen LogP contribution in [0.15, 0.2) is 23.7 Å². The molecule has 0 aromatic carbocycles. The molecule has 0 saturated heterocycles. The zero-order valence-electron chi connectivity index (χ0n) is 13.2. The second-order valence-corrected chi connectivity index (χ2v) is 6.81. The topological polar surface area (TPSA) is 49.8 Å². The van der Waals surface area contributed by atoms with Gasteiger partial charge in [-0.3, -0.25) is 0 Å². The number of aromatic nitrogens is 2. The highest BCUT2D eigenvalue weighted by atomic mass is 32.1. The zero-order valence-corrected chi connectivity index (χ0v) is 14.0. The van der Waals surface area contributed by atoms with E-state index in [4.69, 9.17) is 0 Å². The Morgan fingerprint density at radius 1 is 1.29 bits per heavy atom. The molecule has 0 radical (unpaired) electrons. The fourth-order valence-electron chi connectivity index (χ4n) is 2.00. The summed E-state index contributed by atoms with van der Waals surface area (Å²) < 4.78 is 0. The molecule has 0 unspecified atom stereocenters. The summed E-state index contributed by atoms with van der Waals surface area (Å²) in [6.07, 6.45) is 2.93. The fourth-order valence-corrected chi connectivity index (χ4v) is 2.85. The van der Waals surface area contributed by atoms with Gasteiger partial charge in [0.25, 0.3) is 0 Å². The number of nitrogens with zero attached hydrogens (tertiary/aromatic N) is 2. The molecular weight excluding hydrogens is 280 g/mol. The normalized spacial score (nSPS) is 11.4. The molecule has 0 bridgehead atoms. The van der Waals surface area contributed by atoms with Crippen LogP contribution in [0.25, 0.3) is 0 Å². The molecule has 5 heteroatoms.